The SMILES string of the molecule is CCC(CC)[C@@]1(C)C(=O)Cc2cnc(Nc3ccc(NC(=O)c4ccncc4)cc3)nc21. The number of carbonyl (C=O) groups is 2. The van der Waals surface area contributed by atoms with Crippen LogP contribution in [0, 0.1) is 5.92 Å². The Morgan fingerprint density at radius 3 is 2.38 bits per heavy atom. The van der Waals surface area contributed by atoms with Crippen LogP contribution < -0.4 is 10.6 Å². The topological polar surface area (TPSA) is 96.9 Å². The summed E-state index contributed by atoms with van der Waals surface area (Å²) < 4.78 is 0. The van der Waals surface area contributed by atoms with Gasteiger partial charge in [-0.2, -0.15) is 0 Å². The van der Waals surface area contributed by atoms with E-state index in [1.54, 1.807) is 30.7 Å². The zero-order valence-corrected chi connectivity index (χ0v) is 18.6. The van der Waals surface area contributed by atoms with Crippen molar-refractivity contribution in [1.82, 2.24) is 15.0 Å². The average Bonchev–Trinajstić information content (AvgIpc) is 3.07. The molecule has 4 rings (SSSR count). The van der Waals surface area contributed by atoms with Crippen molar-refractivity contribution in [2.75, 3.05) is 10.6 Å². The van der Waals surface area contributed by atoms with Crippen LogP contribution in [-0.2, 0) is 16.6 Å². The molecule has 1 aliphatic carbocycles. The first-order chi connectivity index (χ1) is 15.5. The number of anilines is 3. The highest BCUT2D eigenvalue weighted by Gasteiger charge is 2.48. The van der Waals surface area contributed by atoms with Gasteiger partial charge in [0, 0.05) is 47.5 Å². The van der Waals surface area contributed by atoms with Crippen LogP contribution in [0.3, 0.4) is 0 Å². The van der Waals surface area contributed by atoms with E-state index in [1.165, 1.54) is 0 Å². The normalized spacial score (nSPS) is 17.3. The third-order valence-corrected chi connectivity index (χ3v) is 6.43. The van der Waals surface area contributed by atoms with Crippen LogP contribution >= 0.6 is 0 Å². The summed E-state index contributed by atoms with van der Waals surface area (Å²) in [6.45, 7) is 6.27. The summed E-state index contributed by atoms with van der Waals surface area (Å²) in [7, 11) is 0. The Morgan fingerprint density at radius 2 is 1.72 bits per heavy atom. The summed E-state index contributed by atoms with van der Waals surface area (Å²) in [6.07, 6.45) is 7.18. The van der Waals surface area contributed by atoms with Gasteiger partial charge in [0.05, 0.1) is 11.1 Å². The van der Waals surface area contributed by atoms with E-state index in [0.717, 1.165) is 29.8 Å². The number of Topliss-reactive ketones (excluding diaryl/α,β-unsaturated/α-hetero) is 1. The van der Waals surface area contributed by atoms with E-state index in [-0.39, 0.29) is 17.6 Å². The Morgan fingerprint density at radius 1 is 1.06 bits per heavy atom. The van der Waals surface area contributed by atoms with Crippen LogP contribution in [0.4, 0.5) is 17.3 Å². The molecule has 1 aliphatic rings. The van der Waals surface area contributed by atoms with Gasteiger partial charge >= 0.3 is 0 Å². The fourth-order valence-electron chi connectivity index (χ4n) is 4.53. The number of fused-ring (bicyclic) bond motifs is 1. The second kappa shape index (κ2) is 8.86. The predicted octanol–water partition coefficient (Wildman–Crippen LogP) is 4.69. The molecule has 0 unspecified atom stereocenters. The number of ketones is 1. The molecule has 1 aromatic carbocycles. The lowest BCUT2D eigenvalue weighted by molar-refractivity contribution is -0.124. The van der Waals surface area contributed by atoms with Crippen molar-refractivity contribution in [1.29, 1.82) is 0 Å². The number of rotatable bonds is 7. The fraction of sp³-hybridized carbons (Fsp3) is 0.320. The summed E-state index contributed by atoms with van der Waals surface area (Å²) in [5, 5.41) is 6.08. The van der Waals surface area contributed by atoms with Gasteiger partial charge in [0.15, 0.2) is 0 Å². The summed E-state index contributed by atoms with van der Waals surface area (Å²) in [5.74, 6) is 0.744. The first-order valence-electron chi connectivity index (χ1n) is 10.9. The van der Waals surface area contributed by atoms with E-state index in [1.807, 2.05) is 31.2 Å². The molecule has 2 aromatic heterocycles. The van der Waals surface area contributed by atoms with Crippen molar-refractivity contribution >= 4 is 29.0 Å². The van der Waals surface area contributed by atoms with Gasteiger partial charge in [0.25, 0.3) is 5.91 Å². The highest BCUT2D eigenvalue weighted by atomic mass is 16.1. The smallest absolute Gasteiger partial charge is 0.255 e. The first kappa shape index (κ1) is 21.6. The number of nitrogens with one attached hydrogen (secondary N) is 2. The molecule has 164 valence electrons. The van der Waals surface area contributed by atoms with Crippen LogP contribution in [0.2, 0.25) is 0 Å². The van der Waals surface area contributed by atoms with Gasteiger partial charge in [-0.05, 0) is 49.2 Å². The summed E-state index contributed by atoms with van der Waals surface area (Å²) >= 11 is 0. The maximum atomic E-state index is 12.9. The van der Waals surface area contributed by atoms with Crippen molar-refractivity contribution in [3.05, 3.63) is 71.8 Å². The van der Waals surface area contributed by atoms with E-state index in [9.17, 15) is 9.59 Å². The number of pyridine rings is 1. The zero-order valence-electron chi connectivity index (χ0n) is 18.6. The molecule has 1 amide bonds. The number of benzene rings is 1. The molecule has 3 aromatic rings. The Hall–Kier alpha value is -3.61. The van der Waals surface area contributed by atoms with Gasteiger partial charge in [0.1, 0.15) is 5.78 Å². The first-order valence-corrected chi connectivity index (χ1v) is 10.9. The molecule has 1 atom stereocenters. The second-order valence-corrected chi connectivity index (χ2v) is 8.28. The summed E-state index contributed by atoms with van der Waals surface area (Å²) in [5.41, 5.74) is 3.21. The minimum Gasteiger partial charge on any atom is -0.324 e. The lowest BCUT2D eigenvalue weighted by Gasteiger charge is -2.31. The molecule has 0 fully saturated rings. The lowest BCUT2D eigenvalue weighted by Crippen LogP contribution is -2.37. The van der Waals surface area contributed by atoms with E-state index >= 15 is 0 Å². The molecular formula is C25H27N5O2. The maximum absolute atomic E-state index is 12.9. The number of amides is 1. The van der Waals surface area contributed by atoms with E-state index in [2.05, 4.69) is 34.4 Å². The van der Waals surface area contributed by atoms with Crippen molar-refractivity contribution < 1.29 is 9.59 Å². The largest absolute Gasteiger partial charge is 0.324 e. The van der Waals surface area contributed by atoms with Gasteiger partial charge < -0.3 is 10.6 Å². The van der Waals surface area contributed by atoms with Gasteiger partial charge in [-0.3, -0.25) is 14.6 Å². The Balaban J connectivity index is 1.50. The number of hydrogen-bond acceptors (Lipinski definition) is 6. The summed E-state index contributed by atoms with van der Waals surface area (Å²) in [4.78, 5) is 38.3. The molecule has 2 heterocycles. The molecule has 0 radical (unpaired) electrons. The number of nitrogens with zero attached hydrogens (tertiary/aromatic N) is 3. The zero-order chi connectivity index (χ0) is 22.7. The third-order valence-electron chi connectivity index (χ3n) is 6.43. The molecule has 0 spiro atoms. The van der Waals surface area contributed by atoms with E-state index in [4.69, 9.17) is 4.98 Å². The van der Waals surface area contributed by atoms with Crippen molar-refractivity contribution in [3.63, 3.8) is 0 Å². The van der Waals surface area contributed by atoms with Crippen LogP contribution in [0.5, 0.6) is 0 Å². The Kier molecular flexibility index (Phi) is 5.99. The minimum absolute atomic E-state index is 0.194. The van der Waals surface area contributed by atoms with Crippen LogP contribution in [0.15, 0.2) is 55.0 Å². The van der Waals surface area contributed by atoms with Gasteiger partial charge in [0.2, 0.25) is 5.95 Å². The maximum Gasteiger partial charge on any atom is 0.255 e. The molecule has 7 nitrogen and oxygen atoms in total. The van der Waals surface area contributed by atoms with Crippen molar-refractivity contribution in [3.8, 4) is 0 Å². The number of carbonyl (C=O) groups excluding carboxylic acids is 2. The minimum atomic E-state index is -0.570. The quantitative estimate of drug-likeness (QED) is 0.566. The Labute approximate surface area is 187 Å². The third kappa shape index (κ3) is 3.98. The molecule has 0 aliphatic heterocycles. The van der Waals surface area contributed by atoms with Gasteiger partial charge in [-0.15, -0.1) is 0 Å². The number of aromatic nitrogens is 3. The van der Waals surface area contributed by atoms with Crippen molar-refractivity contribution in [2.45, 2.75) is 45.4 Å². The highest BCUT2D eigenvalue weighted by Crippen LogP contribution is 2.43. The van der Waals surface area contributed by atoms with E-state index < -0.39 is 5.41 Å². The standard InChI is InChI=1S/C25H27N5O2/c1-4-18(5-2)25(3)21(31)14-17-15-27-24(30-22(17)25)29-20-8-6-19(7-9-20)28-23(32)16-10-12-26-13-11-16/h6-13,15,18H,4-5,14H2,1-3H3,(H,28,32)(H,27,29,30)/t25-/m0/s1. The lowest BCUT2D eigenvalue weighted by atomic mass is 9.71. The second-order valence-electron chi connectivity index (χ2n) is 8.28. The molecule has 2 N–H and O–H groups in total. The summed E-state index contributed by atoms with van der Waals surface area (Å²) in [6, 6.07) is 10.7. The average molecular weight is 430 g/mol. The fourth-order valence-corrected chi connectivity index (χ4v) is 4.53. The van der Waals surface area contributed by atoms with Crippen LogP contribution in [0.1, 0.15) is 55.2 Å². The highest BCUT2D eigenvalue weighted by molar-refractivity contribution is 6.04. The van der Waals surface area contributed by atoms with E-state index in [0.29, 0.717) is 23.6 Å². The molecular weight excluding hydrogens is 402 g/mol. The van der Waals surface area contributed by atoms with Gasteiger partial charge in [-0.1, -0.05) is 26.7 Å². The van der Waals surface area contributed by atoms with Crippen LogP contribution in [-0.4, -0.2) is 26.6 Å². The number of hydrogen-bond donors (Lipinski definition) is 2. The predicted molar refractivity (Wildman–Crippen MR) is 124 cm³/mol. The molecule has 7 heteroatoms. The van der Waals surface area contributed by atoms with Crippen LogP contribution in [0.25, 0.3) is 0 Å². The monoisotopic (exact) mass is 429 g/mol. The van der Waals surface area contributed by atoms with Gasteiger partial charge in [-0.25, -0.2) is 9.97 Å². The molecule has 0 saturated heterocycles. The Bertz CT molecular complexity index is 1130. The molecule has 0 bridgehead atoms. The molecule has 32 heavy (non-hydrogen) atoms. The van der Waals surface area contributed by atoms with Crippen molar-refractivity contribution in [2.24, 2.45) is 5.92 Å². The molecule has 0 saturated carbocycles.